The molecule has 0 radical (unpaired) electrons. The van der Waals surface area contributed by atoms with E-state index in [0.717, 1.165) is 19.5 Å². The van der Waals surface area contributed by atoms with Crippen molar-refractivity contribution in [3.8, 4) is 0 Å². The van der Waals surface area contributed by atoms with Crippen LogP contribution in [-0.4, -0.2) is 22.5 Å². The van der Waals surface area contributed by atoms with Crippen molar-refractivity contribution < 1.29 is 0 Å². The van der Waals surface area contributed by atoms with Gasteiger partial charge in [-0.3, -0.25) is 4.90 Å². The van der Waals surface area contributed by atoms with E-state index in [1.807, 2.05) is 0 Å². The Morgan fingerprint density at radius 3 is 2.89 bits per heavy atom. The molecule has 0 bridgehead atoms. The van der Waals surface area contributed by atoms with Crippen molar-refractivity contribution in [2.45, 2.75) is 45.7 Å². The number of likely N-dealkylation sites (tertiary alicyclic amines) is 1. The molecule has 0 saturated carbocycles. The van der Waals surface area contributed by atoms with Crippen LogP contribution in [0.5, 0.6) is 0 Å². The van der Waals surface area contributed by atoms with Gasteiger partial charge in [0.2, 0.25) is 0 Å². The minimum absolute atomic E-state index is 0.286. The van der Waals surface area contributed by atoms with Gasteiger partial charge in [-0.1, -0.05) is 42.4 Å². The Kier molecular flexibility index (Phi) is 4.36. The van der Waals surface area contributed by atoms with Crippen molar-refractivity contribution in [1.82, 2.24) is 4.90 Å². The molecule has 1 heterocycles. The van der Waals surface area contributed by atoms with Crippen molar-refractivity contribution in [3.63, 3.8) is 0 Å². The summed E-state index contributed by atoms with van der Waals surface area (Å²) in [6.45, 7) is 6.39. The highest BCUT2D eigenvalue weighted by Crippen LogP contribution is 2.21. The molecule has 1 unspecified atom stereocenters. The van der Waals surface area contributed by atoms with Gasteiger partial charge in [0.1, 0.15) is 0 Å². The molecule has 1 atom stereocenters. The maximum absolute atomic E-state index is 5.87. The molecule has 1 aromatic carbocycles. The predicted octanol–water partition coefficient (Wildman–Crippen LogP) is 2.94. The normalized spacial score (nSPS) is 20.9. The predicted molar refractivity (Wildman–Crippen MR) is 80.8 cm³/mol. The third-order valence-electron chi connectivity index (χ3n) is 3.82. The zero-order valence-corrected chi connectivity index (χ0v) is 12.1. The van der Waals surface area contributed by atoms with Gasteiger partial charge in [-0.25, -0.2) is 0 Å². The maximum Gasteiger partial charge on any atom is 0.0902 e. The van der Waals surface area contributed by atoms with Crippen molar-refractivity contribution in [2.24, 2.45) is 5.73 Å². The number of aryl methyl sites for hydroxylation is 2. The minimum Gasteiger partial charge on any atom is -0.392 e. The Balaban J connectivity index is 2.15. The number of thiocarbonyl (C=S) groups is 1. The summed E-state index contributed by atoms with van der Waals surface area (Å²) in [7, 11) is 0. The monoisotopic (exact) mass is 262 g/mol. The fourth-order valence-corrected chi connectivity index (χ4v) is 2.96. The van der Waals surface area contributed by atoms with Gasteiger partial charge in [-0.05, 0) is 44.4 Å². The molecule has 1 aliphatic heterocycles. The average Bonchev–Trinajstić information content (AvgIpc) is 2.34. The first-order chi connectivity index (χ1) is 8.58. The lowest BCUT2D eigenvalue weighted by atomic mass is 9.99. The molecule has 0 spiro atoms. The number of hydrogen-bond acceptors (Lipinski definition) is 2. The Morgan fingerprint density at radius 2 is 2.17 bits per heavy atom. The highest BCUT2D eigenvalue weighted by Gasteiger charge is 2.24. The summed E-state index contributed by atoms with van der Waals surface area (Å²) < 4.78 is 0. The van der Waals surface area contributed by atoms with Gasteiger partial charge >= 0.3 is 0 Å². The molecule has 2 N–H and O–H groups in total. The van der Waals surface area contributed by atoms with Crippen molar-refractivity contribution in [1.29, 1.82) is 0 Å². The highest BCUT2D eigenvalue weighted by atomic mass is 32.1. The molecule has 3 heteroatoms. The lowest BCUT2D eigenvalue weighted by molar-refractivity contribution is 0.184. The Bertz CT molecular complexity index is 442. The van der Waals surface area contributed by atoms with Crippen LogP contribution in [0.15, 0.2) is 18.2 Å². The number of nitrogens with two attached hydrogens (primary N) is 1. The Labute approximate surface area is 115 Å². The van der Waals surface area contributed by atoms with E-state index in [4.69, 9.17) is 18.0 Å². The lowest BCUT2D eigenvalue weighted by Gasteiger charge is -2.35. The summed E-state index contributed by atoms with van der Waals surface area (Å²) in [5, 5.41) is 0. The van der Waals surface area contributed by atoms with Gasteiger partial charge in [-0.2, -0.15) is 0 Å². The van der Waals surface area contributed by atoms with Crippen LogP contribution in [0.1, 0.15) is 36.0 Å². The zero-order chi connectivity index (χ0) is 13.1. The van der Waals surface area contributed by atoms with E-state index >= 15 is 0 Å². The number of nitrogens with zero attached hydrogens (tertiary/aromatic N) is 1. The number of piperidine rings is 1. The standard InChI is InChI=1S/C15H22N2S/c1-11-6-7-12(2)13(9-11)10-17-8-4-3-5-14(17)15(16)18/h6-7,9,14H,3-5,8,10H2,1-2H3,(H2,16,18). The topological polar surface area (TPSA) is 29.3 Å². The largest absolute Gasteiger partial charge is 0.392 e. The van der Waals surface area contributed by atoms with Crippen molar-refractivity contribution in [3.05, 3.63) is 34.9 Å². The van der Waals surface area contributed by atoms with E-state index in [1.54, 1.807) is 0 Å². The SMILES string of the molecule is Cc1ccc(C)c(CN2CCCCC2C(N)=S)c1. The molecule has 1 saturated heterocycles. The first-order valence-corrected chi connectivity index (χ1v) is 7.08. The molecule has 1 fully saturated rings. The fourth-order valence-electron chi connectivity index (χ4n) is 2.69. The van der Waals surface area contributed by atoms with Crippen molar-refractivity contribution >= 4 is 17.2 Å². The molecular weight excluding hydrogens is 240 g/mol. The van der Waals surface area contributed by atoms with Crippen LogP contribution in [-0.2, 0) is 6.54 Å². The zero-order valence-electron chi connectivity index (χ0n) is 11.3. The highest BCUT2D eigenvalue weighted by molar-refractivity contribution is 7.80. The summed E-state index contributed by atoms with van der Waals surface area (Å²) in [5.41, 5.74) is 9.94. The second kappa shape index (κ2) is 5.81. The molecule has 98 valence electrons. The van der Waals surface area contributed by atoms with E-state index in [-0.39, 0.29) is 6.04 Å². The number of hydrogen-bond donors (Lipinski definition) is 1. The molecule has 1 aliphatic rings. The van der Waals surface area contributed by atoms with Crippen LogP contribution >= 0.6 is 12.2 Å². The molecule has 0 aromatic heterocycles. The van der Waals surface area contributed by atoms with E-state index < -0.39 is 0 Å². The van der Waals surface area contributed by atoms with Gasteiger partial charge in [0.25, 0.3) is 0 Å². The minimum atomic E-state index is 0.286. The molecular formula is C15H22N2S. The van der Waals surface area contributed by atoms with Gasteiger partial charge in [-0.15, -0.1) is 0 Å². The third-order valence-corrected chi connectivity index (χ3v) is 4.09. The van der Waals surface area contributed by atoms with Crippen LogP contribution in [0.2, 0.25) is 0 Å². The molecule has 18 heavy (non-hydrogen) atoms. The Hall–Kier alpha value is -0.930. The van der Waals surface area contributed by atoms with E-state index in [9.17, 15) is 0 Å². The van der Waals surface area contributed by atoms with Crippen LogP contribution < -0.4 is 5.73 Å². The molecule has 2 nitrogen and oxygen atoms in total. The van der Waals surface area contributed by atoms with Crippen LogP contribution in [0.3, 0.4) is 0 Å². The van der Waals surface area contributed by atoms with Gasteiger partial charge < -0.3 is 5.73 Å². The Morgan fingerprint density at radius 1 is 1.39 bits per heavy atom. The summed E-state index contributed by atoms with van der Waals surface area (Å²) in [5.74, 6) is 0. The van der Waals surface area contributed by atoms with Gasteiger partial charge in [0.05, 0.1) is 11.0 Å². The molecule has 0 aliphatic carbocycles. The average molecular weight is 262 g/mol. The molecule has 0 amide bonds. The van der Waals surface area contributed by atoms with Crippen molar-refractivity contribution in [2.75, 3.05) is 6.54 Å². The summed E-state index contributed by atoms with van der Waals surface area (Å²) in [6, 6.07) is 6.93. The van der Waals surface area contributed by atoms with E-state index in [2.05, 4.69) is 36.9 Å². The maximum atomic E-state index is 5.87. The summed E-state index contributed by atoms with van der Waals surface area (Å²) >= 11 is 5.20. The quantitative estimate of drug-likeness (QED) is 0.849. The number of benzene rings is 1. The first-order valence-electron chi connectivity index (χ1n) is 6.67. The molecule has 2 rings (SSSR count). The van der Waals surface area contributed by atoms with Crippen LogP contribution in [0, 0.1) is 13.8 Å². The van der Waals surface area contributed by atoms with Gasteiger partial charge in [0.15, 0.2) is 0 Å². The second-order valence-corrected chi connectivity index (χ2v) is 5.79. The van der Waals surface area contributed by atoms with E-state index in [0.29, 0.717) is 4.99 Å². The molecule has 1 aromatic rings. The number of rotatable bonds is 3. The van der Waals surface area contributed by atoms with Crippen LogP contribution in [0.4, 0.5) is 0 Å². The second-order valence-electron chi connectivity index (χ2n) is 5.31. The smallest absolute Gasteiger partial charge is 0.0902 e. The fraction of sp³-hybridized carbons (Fsp3) is 0.533. The first kappa shape index (κ1) is 13.5. The third kappa shape index (κ3) is 3.09. The lowest BCUT2D eigenvalue weighted by Crippen LogP contribution is -2.46. The van der Waals surface area contributed by atoms with Gasteiger partial charge in [0, 0.05) is 6.54 Å². The summed E-state index contributed by atoms with van der Waals surface area (Å²) in [4.78, 5) is 3.09. The van der Waals surface area contributed by atoms with Crippen LogP contribution in [0.25, 0.3) is 0 Å². The van der Waals surface area contributed by atoms with E-state index in [1.165, 1.54) is 29.5 Å². The summed E-state index contributed by atoms with van der Waals surface area (Å²) in [6.07, 6.45) is 3.61.